The summed E-state index contributed by atoms with van der Waals surface area (Å²) in [6, 6.07) is 9.78. The first kappa shape index (κ1) is 11.0. The summed E-state index contributed by atoms with van der Waals surface area (Å²) >= 11 is 0. The predicted molar refractivity (Wildman–Crippen MR) is 70.4 cm³/mol. The second-order valence-corrected chi connectivity index (χ2v) is 4.86. The van der Waals surface area contributed by atoms with Crippen LogP contribution in [-0.4, -0.2) is 16.1 Å². The molecule has 1 aliphatic rings. The predicted octanol–water partition coefficient (Wildman–Crippen LogP) is 2.99. The molecule has 1 aliphatic carbocycles. The zero-order valence-electron chi connectivity index (χ0n) is 10.1. The maximum atomic E-state index is 11.5. The maximum Gasteiger partial charge on any atom is 0.315 e. The van der Waals surface area contributed by atoms with Gasteiger partial charge in [-0.25, -0.2) is 0 Å². The number of benzene rings is 1. The quantitative estimate of drug-likeness (QED) is 0.832. The van der Waals surface area contributed by atoms with Crippen molar-refractivity contribution in [2.75, 3.05) is 0 Å². The average Bonchev–Trinajstić information content (AvgIpc) is 2.37. The Hall–Kier alpha value is -2.16. The summed E-state index contributed by atoms with van der Waals surface area (Å²) < 4.78 is 0. The van der Waals surface area contributed by atoms with Gasteiger partial charge in [0.05, 0.1) is 11.2 Å². The topological polar surface area (TPSA) is 50.2 Å². The fourth-order valence-electron chi connectivity index (χ4n) is 2.41. The highest BCUT2D eigenvalue weighted by molar-refractivity contribution is 5.88. The Morgan fingerprint density at radius 1 is 1.39 bits per heavy atom. The summed E-state index contributed by atoms with van der Waals surface area (Å²) in [6.45, 7) is 1.74. The molecule has 0 radical (unpaired) electrons. The van der Waals surface area contributed by atoms with E-state index >= 15 is 0 Å². The van der Waals surface area contributed by atoms with Gasteiger partial charge in [0.2, 0.25) is 0 Å². The molecule has 1 aromatic carbocycles. The Morgan fingerprint density at radius 3 is 2.94 bits per heavy atom. The van der Waals surface area contributed by atoms with Crippen molar-refractivity contribution in [2.45, 2.75) is 18.8 Å². The Kier molecular flexibility index (Phi) is 2.23. The summed E-state index contributed by atoms with van der Waals surface area (Å²) in [5.74, 6) is -0.823. The van der Waals surface area contributed by atoms with Crippen molar-refractivity contribution in [3.05, 3.63) is 47.7 Å². The summed E-state index contributed by atoms with van der Waals surface area (Å²) in [6.07, 6.45) is 4.35. The van der Waals surface area contributed by atoms with Gasteiger partial charge in [0.15, 0.2) is 0 Å². The van der Waals surface area contributed by atoms with Crippen molar-refractivity contribution in [2.24, 2.45) is 0 Å². The number of allylic oxidation sites excluding steroid dienone is 1. The van der Waals surface area contributed by atoms with E-state index in [1.807, 2.05) is 42.5 Å². The van der Waals surface area contributed by atoms with E-state index in [0.717, 1.165) is 16.5 Å². The molecule has 0 aliphatic heterocycles. The van der Waals surface area contributed by atoms with Crippen LogP contribution in [0.1, 0.15) is 24.6 Å². The Labute approximate surface area is 105 Å². The summed E-state index contributed by atoms with van der Waals surface area (Å²) in [7, 11) is 0. The second kappa shape index (κ2) is 3.67. The molecule has 0 saturated carbocycles. The number of para-hydroxylation sites is 1. The number of hydrogen-bond acceptors (Lipinski definition) is 2. The highest BCUT2D eigenvalue weighted by Crippen LogP contribution is 2.35. The number of aliphatic carboxylic acids is 1. The smallest absolute Gasteiger partial charge is 0.315 e. The minimum absolute atomic E-state index is 0.487. The molecule has 0 amide bonds. The van der Waals surface area contributed by atoms with Gasteiger partial charge in [0, 0.05) is 5.39 Å². The van der Waals surface area contributed by atoms with Gasteiger partial charge in [0.25, 0.3) is 0 Å². The van der Waals surface area contributed by atoms with Gasteiger partial charge in [-0.05, 0) is 31.0 Å². The van der Waals surface area contributed by atoms with Crippen LogP contribution in [0, 0.1) is 0 Å². The van der Waals surface area contributed by atoms with E-state index in [9.17, 15) is 9.90 Å². The molecule has 1 heterocycles. The van der Waals surface area contributed by atoms with Gasteiger partial charge in [-0.2, -0.15) is 0 Å². The number of carbonyl (C=O) groups is 1. The van der Waals surface area contributed by atoms with Crippen LogP contribution >= 0.6 is 0 Å². The van der Waals surface area contributed by atoms with Crippen molar-refractivity contribution in [3.8, 4) is 0 Å². The van der Waals surface area contributed by atoms with Gasteiger partial charge < -0.3 is 5.11 Å². The number of hydrogen-bond donors (Lipinski definition) is 1. The van der Waals surface area contributed by atoms with E-state index < -0.39 is 11.4 Å². The summed E-state index contributed by atoms with van der Waals surface area (Å²) in [4.78, 5) is 16.1. The molecule has 3 nitrogen and oxygen atoms in total. The van der Waals surface area contributed by atoms with Crippen molar-refractivity contribution < 1.29 is 9.90 Å². The minimum atomic E-state index is -0.923. The van der Waals surface area contributed by atoms with Crippen LogP contribution < -0.4 is 0 Å². The highest BCUT2D eigenvalue weighted by Gasteiger charge is 2.39. The van der Waals surface area contributed by atoms with E-state index in [4.69, 9.17) is 0 Å². The van der Waals surface area contributed by atoms with Crippen LogP contribution in [0.3, 0.4) is 0 Å². The first-order valence-corrected chi connectivity index (χ1v) is 5.91. The highest BCUT2D eigenvalue weighted by atomic mass is 16.4. The standard InChI is InChI=1S/C15H13NO2/c1-15(14(17)18)8-4-6-11-9-10-5-2-3-7-12(10)16-13(11)15/h2-7,9H,8H2,1H3,(H,17,18). The summed E-state index contributed by atoms with van der Waals surface area (Å²) in [5.41, 5.74) is 1.49. The molecule has 0 saturated heterocycles. The third kappa shape index (κ3) is 1.44. The number of carboxylic acid groups (broad SMARTS) is 1. The second-order valence-electron chi connectivity index (χ2n) is 4.86. The first-order valence-electron chi connectivity index (χ1n) is 5.91. The van der Waals surface area contributed by atoms with Crippen LogP contribution in [0.4, 0.5) is 0 Å². The fraction of sp³-hybridized carbons (Fsp3) is 0.200. The molecule has 1 unspecified atom stereocenters. The van der Waals surface area contributed by atoms with Crippen LogP contribution in [0.25, 0.3) is 17.0 Å². The lowest BCUT2D eigenvalue weighted by molar-refractivity contribution is -0.143. The van der Waals surface area contributed by atoms with E-state index in [1.54, 1.807) is 6.92 Å². The molecule has 2 aromatic rings. The maximum absolute atomic E-state index is 11.5. The van der Waals surface area contributed by atoms with Gasteiger partial charge in [-0.1, -0.05) is 30.4 Å². The van der Waals surface area contributed by atoms with Gasteiger partial charge in [-0.15, -0.1) is 0 Å². The van der Waals surface area contributed by atoms with E-state index in [2.05, 4.69) is 4.98 Å². The minimum Gasteiger partial charge on any atom is -0.481 e. The summed E-state index contributed by atoms with van der Waals surface area (Å²) in [5, 5.41) is 10.5. The monoisotopic (exact) mass is 239 g/mol. The van der Waals surface area contributed by atoms with E-state index in [-0.39, 0.29) is 0 Å². The number of pyridine rings is 1. The third-order valence-corrected chi connectivity index (χ3v) is 3.57. The van der Waals surface area contributed by atoms with Crippen molar-refractivity contribution >= 4 is 22.9 Å². The fourth-order valence-corrected chi connectivity index (χ4v) is 2.41. The van der Waals surface area contributed by atoms with Gasteiger partial charge in [-0.3, -0.25) is 9.78 Å². The average molecular weight is 239 g/mol. The number of rotatable bonds is 1. The van der Waals surface area contributed by atoms with Gasteiger partial charge >= 0.3 is 5.97 Å². The van der Waals surface area contributed by atoms with E-state index in [0.29, 0.717) is 12.1 Å². The SMILES string of the molecule is CC1(C(=O)O)CC=Cc2cc3ccccc3nc21. The Bertz CT molecular complexity index is 675. The number of fused-ring (bicyclic) bond motifs is 2. The van der Waals surface area contributed by atoms with Crippen LogP contribution in [0.2, 0.25) is 0 Å². The molecule has 18 heavy (non-hydrogen) atoms. The molecule has 1 aromatic heterocycles. The number of aromatic nitrogens is 1. The number of nitrogens with zero attached hydrogens (tertiary/aromatic N) is 1. The lowest BCUT2D eigenvalue weighted by atomic mass is 9.77. The molecule has 3 rings (SSSR count). The molecule has 0 fully saturated rings. The molecular weight excluding hydrogens is 226 g/mol. The molecule has 1 N–H and O–H groups in total. The number of carboxylic acids is 1. The van der Waals surface area contributed by atoms with Crippen LogP contribution in [0.5, 0.6) is 0 Å². The molecular formula is C15H13NO2. The third-order valence-electron chi connectivity index (χ3n) is 3.57. The van der Waals surface area contributed by atoms with Crippen LogP contribution in [0.15, 0.2) is 36.4 Å². The zero-order chi connectivity index (χ0) is 12.8. The molecule has 0 bridgehead atoms. The zero-order valence-corrected chi connectivity index (χ0v) is 10.1. The van der Waals surface area contributed by atoms with Crippen molar-refractivity contribution in [1.82, 2.24) is 4.98 Å². The largest absolute Gasteiger partial charge is 0.481 e. The van der Waals surface area contributed by atoms with Crippen molar-refractivity contribution in [3.63, 3.8) is 0 Å². The normalized spacial score (nSPS) is 21.8. The molecule has 0 spiro atoms. The van der Waals surface area contributed by atoms with Crippen molar-refractivity contribution in [1.29, 1.82) is 0 Å². The molecule has 90 valence electrons. The Balaban J connectivity index is 2.33. The lowest BCUT2D eigenvalue weighted by Gasteiger charge is -2.27. The molecule has 3 heteroatoms. The Morgan fingerprint density at radius 2 is 2.17 bits per heavy atom. The van der Waals surface area contributed by atoms with Gasteiger partial charge in [0.1, 0.15) is 5.41 Å². The van der Waals surface area contributed by atoms with Crippen LogP contribution in [-0.2, 0) is 10.2 Å². The molecule has 1 atom stereocenters. The lowest BCUT2D eigenvalue weighted by Crippen LogP contribution is -2.35. The first-order chi connectivity index (χ1) is 8.61. The van der Waals surface area contributed by atoms with E-state index in [1.165, 1.54) is 0 Å².